The third kappa shape index (κ3) is 1.45. The second kappa shape index (κ2) is 3.71. The van der Waals surface area contributed by atoms with Gasteiger partial charge in [-0.05, 0) is 36.1 Å². The predicted molar refractivity (Wildman–Crippen MR) is 70.7 cm³/mol. The van der Waals surface area contributed by atoms with Gasteiger partial charge in [0.2, 0.25) is 0 Å². The summed E-state index contributed by atoms with van der Waals surface area (Å²) < 4.78 is 0. The molecule has 0 radical (unpaired) electrons. The van der Waals surface area contributed by atoms with Crippen molar-refractivity contribution in [3.8, 4) is 5.75 Å². The smallest absolute Gasteiger partial charge is 0.139 e. The zero-order chi connectivity index (χ0) is 12.9. The first-order valence-corrected chi connectivity index (χ1v) is 6.58. The number of benzene rings is 1. The quantitative estimate of drug-likeness (QED) is 0.710. The number of aromatic hydroxyl groups is 1. The molecule has 3 rings (SSSR count). The average Bonchev–Trinajstić information content (AvgIpc) is 2.34. The number of hydrogen-bond donors (Lipinski definition) is 1. The van der Waals surface area contributed by atoms with Crippen LogP contribution in [-0.2, 0) is 16.6 Å². The molecule has 94 valence electrons. The Kier molecular flexibility index (Phi) is 2.37. The molecule has 1 N–H and O–H groups in total. The van der Waals surface area contributed by atoms with Crippen LogP contribution in [0.5, 0.6) is 5.75 Å². The number of fused-ring (bicyclic) bond motifs is 3. The second-order valence-electron chi connectivity index (χ2n) is 5.73. The number of phenols is 1. The topological polar surface area (TPSA) is 37.3 Å². The zero-order valence-electron chi connectivity index (χ0n) is 10.9. The van der Waals surface area contributed by atoms with Gasteiger partial charge in [-0.25, -0.2) is 0 Å². The molecule has 0 aliphatic heterocycles. The highest BCUT2D eigenvalue weighted by Gasteiger charge is 2.42. The third-order valence-electron chi connectivity index (χ3n) is 4.68. The molecule has 0 saturated heterocycles. The van der Waals surface area contributed by atoms with Crippen LogP contribution in [0, 0.1) is 5.92 Å². The molecule has 1 aromatic rings. The van der Waals surface area contributed by atoms with Gasteiger partial charge in [0.25, 0.3) is 0 Å². The molecule has 0 spiro atoms. The highest BCUT2D eigenvalue weighted by Crippen LogP contribution is 2.48. The normalized spacial score (nSPS) is 30.4. The summed E-state index contributed by atoms with van der Waals surface area (Å²) in [5.74, 6) is 0.737. The standard InChI is InChI=1S/C16H18O2/c1-10-13-5-3-11-9-12(17)4-6-14(11)16(13,2)8-7-15(10)18/h4-6,9-10,17H,3,7-8H2,1-2H3. The van der Waals surface area contributed by atoms with Gasteiger partial charge in [-0.1, -0.05) is 31.6 Å². The van der Waals surface area contributed by atoms with Crippen molar-refractivity contribution in [2.75, 3.05) is 0 Å². The van der Waals surface area contributed by atoms with Crippen molar-refractivity contribution in [2.45, 2.75) is 38.5 Å². The molecule has 1 saturated carbocycles. The molecule has 2 aliphatic rings. The van der Waals surface area contributed by atoms with E-state index in [9.17, 15) is 9.90 Å². The molecule has 2 aliphatic carbocycles. The fourth-order valence-electron chi connectivity index (χ4n) is 3.58. The number of rotatable bonds is 0. The minimum atomic E-state index is -0.0192. The molecule has 0 amide bonds. The maximum absolute atomic E-state index is 11.9. The van der Waals surface area contributed by atoms with Gasteiger partial charge in [-0.2, -0.15) is 0 Å². The maximum atomic E-state index is 11.9. The lowest BCUT2D eigenvalue weighted by atomic mass is 9.60. The lowest BCUT2D eigenvalue weighted by Crippen LogP contribution is -2.39. The number of allylic oxidation sites excluding steroid dienone is 2. The third-order valence-corrected chi connectivity index (χ3v) is 4.68. The fraction of sp³-hybridized carbons (Fsp3) is 0.438. The first-order chi connectivity index (χ1) is 8.52. The van der Waals surface area contributed by atoms with Crippen LogP contribution in [0.15, 0.2) is 29.8 Å². The summed E-state index contributed by atoms with van der Waals surface area (Å²) in [6, 6.07) is 5.64. The SMILES string of the molecule is CC1C(=O)CCC2(C)C1=CCc1cc(O)ccc12. The molecule has 2 nitrogen and oxygen atoms in total. The van der Waals surface area contributed by atoms with Crippen molar-refractivity contribution < 1.29 is 9.90 Å². The molecule has 1 aromatic carbocycles. The number of Topliss-reactive ketones (excluding diaryl/α,β-unsaturated/α-hetero) is 1. The molecule has 0 bridgehead atoms. The first kappa shape index (κ1) is 11.5. The van der Waals surface area contributed by atoms with E-state index < -0.39 is 0 Å². The molecule has 2 unspecified atom stereocenters. The van der Waals surface area contributed by atoms with Gasteiger partial charge < -0.3 is 5.11 Å². The summed E-state index contributed by atoms with van der Waals surface area (Å²) in [7, 11) is 0. The van der Waals surface area contributed by atoms with Gasteiger partial charge in [0.15, 0.2) is 0 Å². The maximum Gasteiger partial charge on any atom is 0.139 e. The van der Waals surface area contributed by atoms with Crippen molar-refractivity contribution in [3.05, 3.63) is 41.0 Å². The van der Waals surface area contributed by atoms with Crippen LogP contribution in [0.3, 0.4) is 0 Å². The van der Waals surface area contributed by atoms with Crippen LogP contribution in [0.1, 0.15) is 37.8 Å². The van der Waals surface area contributed by atoms with Gasteiger partial charge in [-0.3, -0.25) is 4.79 Å². The summed E-state index contributed by atoms with van der Waals surface area (Å²) in [6.45, 7) is 4.26. The van der Waals surface area contributed by atoms with Gasteiger partial charge >= 0.3 is 0 Å². The Balaban J connectivity index is 2.14. The van der Waals surface area contributed by atoms with Crippen LogP contribution >= 0.6 is 0 Å². The lowest BCUT2D eigenvalue weighted by Gasteiger charge is -2.43. The summed E-state index contributed by atoms with van der Waals surface area (Å²) in [6.07, 6.45) is 4.57. The predicted octanol–water partition coefficient (Wildman–Crippen LogP) is 3.13. The number of carbonyl (C=O) groups is 1. The van der Waals surface area contributed by atoms with E-state index in [2.05, 4.69) is 13.0 Å². The van der Waals surface area contributed by atoms with Crippen LogP contribution in [0.2, 0.25) is 0 Å². The van der Waals surface area contributed by atoms with Crippen molar-refractivity contribution in [3.63, 3.8) is 0 Å². The molecule has 1 fully saturated rings. The Morgan fingerprint density at radius 3 is 2.94 bits per heavy atom. The van der Waals surface area contributed by atoms with E-state index in [1.165, 1.54) is 16.7 Å². The van der Waals surface area contributed by atoms with Gasteiger partial charge in [-0.15, -0.1) is 0 Å². The van der Waals surface area contributed by atoms with Crippen molar-refractivity contribution >= 4 is 5.78 Å². The van der Waals surface area contributed by atoms with E-state index >= 15 is 0 Å². The van der Waals surface area contributed by atoms with Crippen LogP contribution < -0.4 is 0 Å². The van der Waals surface area contributed by atoms with E-state index in [4.69, 9.17) is 0 Å². The second-order valence-corrected chi connectivity index (χ2v) is 5.73. The summed E-state index contributed by atoms with van der Waals surface area (Å²) in [5.41, 5.74) is 3.74. The van der Waals surface area contributed by atoms with Crippen LogP contribution in [0.4, 0.5) is 0 Å². The van der Waals surface area contributed by atoms with Gasteiger partial charge in [0.05, 0.1) is 0 Å². The largest absolute Gasteiger partial charge is 0.508 e. The average molecular weight is 242 g/mol. The number of hydrogen-bond acceptors (Lipinski definition) is 2. The van der Waals surface area contributed by atoms with E-state index in [0.717, 1.165) is 12.8 Å². The molecule has 2 heteroatoms. The Bertz CT molecular complexity index is 556. The number of phenolic OH excluding ortho intramolecular Hbond substituents is 1. The monoisotopic (exact) mass is 242 g/mol. The molecule has 2 atom stereocenters. The number of ketones is 1. The van der Waals surface area contributed by atoms with Gasteiger partial charge in [0.1, 0.15) is 11.5 Å². The van der Waals surface area contributed by atoms with E-state index in [1.54, 1.807) is 6.07 Å². The molecule has 18 heavy (non-hydrogen) atoms. The Morgan fingerprint density at radius 2 is 2.17 bits per heavy atom. The Hall–Kier alpha value is -1.57. The van der Waals surface area contributed by atoms with Crippen LogP contribution in [-0.4, -0.2) is 10.9 Å². The zero-order valence-corrected chi connectivity index (χ0v) is 10.9. The minimum Gasteiger partial charge on any atom is -0.508 e. The number of carbonyl (C=O) groups excluding carboxylic acids is 1. The molecular formula is C16H18O2. The van der Waals surface area contributed by atoms with Crippen molar-refractivity contribution in [1.82, 2.24) is 0 Å². The Labute approximate surface area is 107 Å². The minimum absolute atomic E-state index is 0.0192. The van der Waals surface area contributed by atoms with E-state index in [-0.39, 0.29) is 11.3 Å². The lowest BCUT2D eigenvalue weighted by molar-refractivity contribution is -0.123. The summed E-state index contributed by atoms with van der Waals surface area (Å²) in [4.78, 5) is 11.9. The summed E-state index contributed by atoms with van der Waals surface area (Å²) >= 11 is 0. The first-order valence-electron chi connectivity index (χ1n) is 6.58. The van der Waals surface area contributed by atoms with Crippen molar-refractivity contribution in [1.29, 1.82) is 0 Å². The fourth-order valence-corrected chi connectivity index (χ4v) is 3.58. The highest BCUT2D eigenvalue weighted by molar-refractivity contribution is 5.86. The summed E-state index contributed by atoms with van der Waals surface area (Å²) in [5, 5.41) is 9.59. The van der Waals surface area contributed by atoms with Gasteiger partial charge in [0, 0.05) is 17.8 Å². The van der Waals surface area contributed by atoms with E-state index in [1.807, 2.05) is 19.1 Å². The van der Waals surface area contributed by atoms with Crippen molar-refractivity contribution in [2.24, 2.45) is 5.92 Å². The Morgan fingerprint density at radius 1 is 1.39 bits per heavy atom. The molecule has 0 heterocycles. The highest BCUT2D eigenvalue weighted by atomic mass is 16.3. The van der Waals surface area contributed by atoms with Crippen LogP contribution in [0.25, 0.3) is 0 Å². The molecular weight excluding hydrogens is 224 g/mol. The molecule has 0 aromatic heterocycles. The van der Waals surface area contributed by atoms with E-state index in [0.29, 0.717) is 18.0 Å².